The summed E-state index contributed by atoms with van der Waals surface area (Å²) in [4.78, 5) is 15.9. The number of aliphatic carboxylic acids is 1. The van der Waals surface area contributed by atoms with Crippen molar-refractivity contribution in [3.8, 4) is 0 Å². The van der Waals surface area contributed by atoms with E-state index in [9.17, 15) is 9.90 Å². The van der Waals surface area contributed by atoms with Crippen LogP contribution in [0.25, 0.3) is 0 Å². The molecule has 0 bridgehead atoms. The quantitative estimate of drug-likeness (QED) is 0.898. The average Bonchev–Trinajstić information content (AvgIpc) is 3.10. The van der Waals surface area contributed by atoms with Crippen molar-refractivity contribution in [3.63, 3.8) is 0 Å². The lowest BCUT2D eigenvalue weighted by atomic mass is 10.0. The highest BCUT2D eigenvalue weighted by molar-refractivity contribution is 9.10. The number of nitrogens with zero attached hydrogens (tertiary/aromatic N) is 2. The van der Waals surface area contributed by atoms with E-state index < -0.39 is 5.97 Å². The molecule has 1 N–H and O–H groups in total. The Morgan fingerprint density at radius 3 is 2.71 bits per heavy atom. The van der Waals surface area contributed by atoms with E-state index in [0.29, 0.717) is 6.04 Å². The van der Waals surface area contributed by atoms with E-state index in [2.05, 4.69) is 25.7 Å². The van der Waals surface area contributed by atoms with Crippen LogP contribution in [0.15, 0.2) is 21.2 Å². The molecule has 0 aromatic carbocycles. The number of carboxylic acids is 1. The van der Waals surface area contributed by atoms with Crippen LogP contribution < -0.4 is 0 Å². The molecule has 2 fully saturated rings. The van der Waals surface area contributed by atoms with E-state index in [1.807, 2.05) is 6.07 Å². The molecule has 1 unspecified atom stereocenters. The summed E-state index contributed by atoms with van der Waals surface area (Å²) in [7, 11) is 0. The smallest absolute Gasteiger partial charge is 0.320 e. The van der Waals surface area contributed by atoms with Crippen LogP contribution in [-0.4, -0.2) is 52.6 Å². The second-order valence-corrected chi connectivity index (χ2v) is 6.79. The number of carbonyl (C=O) groups is 1. The van der Waals surface area contributed by atoms with Gasteiger partial charge in [-0.25, -0.2) is 0 Å². The maximum Gasteiger partial charge on any atom is 0.320 e. The molecule has 1 atom stereocenters. The summed E-state index contributed by atoms with van der Waals surface area (Å²) < 4.78 is 6.49. The lowest BCUT2D eigenvalue weighted by Gasteiger charge is -2.38. The third kappa shape index (κ3) is 3.33. The highest BCUT2D eigenvalue weighted by Gasteiger charge is 2.36. The Labute approximate surface area is 133 Å². The van der Waals surface area contributed by atoms with Crippen molar-refractivity contribution in [2.24, 2.45) is 0 Å². The zero-order valence-corrected chi connectivity index (χ0v) is 13.6. The van der Waals surface area contributed by atoms with Gasteiger partial charge in [0.25, 0.3) is 0 Å². The number of halogens is 1. The molecule has 0 aliphatic carbocycles. The van der Waals surface area contributed by atoms with Crippen molar-refractivity contribution in [2.45, 2.75) is 44.3 Å². The van der Waals surface area contributed by atoms with Crippen molar-refractivity contribution in [1.82, 2.24) is 9.80 Å². The molecular weight excluding hydrogens is 336 g/mol. The highest BCUT2D eigenvalue weighted by atomic mass is 79.9. The van der Waals surface area contributed by atoms with Gasteiger partial charge in [0.05, 0.1) is 17.3 Å². The molecule has 116 valence electrons. The second kappa shape index (κ2) is 6.50. The lowest BCUT2D eigenvalue weighted by Crippen LogP contribution is -2.48. The van der Waals surface area contributed by atoms with Gasteiger partial charge in [0.2, 0.25) is 0 Å². The van der Waals surface area contributed by atoms with Crippen LogP contribution >= 0.6 is 15.9 Å². The fourth-order valence-electron chi connectivity index (χ4n) is 3.54. The predicted octanol–water partition coefficient (Wildman–Crippen LogP) is 2.56. The van der Waals surface area contributed by atoms with Gasteiger partial charge in [-0.15, -0.1) is 0 Å². The molecule has 0 saturated carbocycles. The molecule has 0 radical (unpaired) electrons. The van der Waals surface area contributed by atoms with Crippen molar-refractivity contribution in [2.75, 3.05) is 19.6 Å². The SMILES string of the molecule is O=C(O)C1CCCN1C1CCN(Cc2occc2Br)CC1. The van der Waals surface area contributed by atoms with E-state index in [1.54, 1.807) is 6.26 Å². The summed E-state index contributed by atoms with van der Waals surface area (Å²) in [6.45, 7) is 3.76. The Balaban J connectivity index is 1.53. The highest BCUT2D eigenvalue weighted by Crippen LogP contribution is 2.27. The van der Waals surface area contributed by atoms with Gasteiger partial charge in [0.15, 0.2) is 0 Å². The van der Waals surface area contributed by atoms with Gasteiger partial charge in [0.1, 0.15) is 11.8 Å². The fraction of sp³-hybridized carbons (Fsp3) is 0.667. The van der Waals surface area contributed by atoms with E-state index in [1.165, 1.54) is 0 Å². The van der Waals surface area contributed by atoms with E-state index in [0.717, 1.165) is 62.1 Å². The van der Waals surface area contributed by atoms with Crippen LogP contribution in [0.3, 0.4) is 0 Å². The Kier molecular flexibility index (Phi) is 4.66. The van der Waals surface area contributed by atoms with Gasteiger partial charge in [-0.3, -0.25) is 14.6 Å². The maximum absolute atomic E-state index is 11.3. The topological polar surface area (TPSA) is 56.9 Å². The number of hydrogen-bond acceptors (Lipinski definition) is 4. The standard InChI is InChI=1S/C15H21BrN2O3/c16-12-5-9-21-14(12)10-17-7-3-11(4-8-17)18-6-1-2-13(18)15(19)20/h5,9,11,13H,1-4,6-8,10H2,(H,19,20). The van der Waals surface area contributed by atoms with Crippen LogP contribution in [0, 0.1) is 0 Å². The molecule has 0 amide bonds. The minimum atomic E-state index is -0.658. The number of hydrogen-bond donors (Lipinski definition) is 1. The molecular formula is C15H21BrN2O3. The predicted molar refractivity (Wildman–Crippen MR) is 82.1 cm³/mol. The van der Waals surface area contributed by atoms with Gasteiger partial charge >= 0.3 is 5.97 Å². The summed E-state index contributed by atoms with van der Waals surface area (Å²) in [5.41, 5.74) is 0. The van der Waals surface area contributed by atoms with Crippen LogP contribution in [0.1, 0.15) is 31.4 Å². The number of likely N-dealkylation sites (tertiary alicyclic amines) is 2. The van der Waals surface area contributed by atoms with Crippen molar-refractivity contribution in [3.05, 3.63) is 22.6 Å². The largest absolute Gasteiger partial charge is 0.480 e. The van der Waals surface area contributed by atoms with E-state index in [-0.39, 0.29) is 6.04 Å². The first-order chi connectivity index (χ1) is 10.1. The molecule has 0 spiro atoms. The molecule has 1 aromatic rings. The van der Waals surface area contributed by atoms with Crippen LogP contribution in [-0.2, 0) is 11.3 Å². The summed E-state index contributed by atoms with van der Waals surface area (Å²) >= 11 is 3.49. The number of rotatable bonds is 4. The van der Waals surface area contributed by atoms with E-state index in [4.69, 9.17) is 4.42 Å². The molecule has 3 heterocycles. The third-order valence-electron chi connectivity index (χ3n) is 4.66. The molecule has 3 rings (SSSR count). The molecule has 6 heteroatoms. The second-order valence-electron chi connectivity index (χ2n) is 5.93. The molecule has 2 aliphatic heterocycles. The van der Waals surface area contributed by atoms with Crippen molar-refractivity contribution < 1.29 is 14.3 Å². The first kappa shape index (κ1) is 15.1. The Morgan fingerprint density at radius 2 is 2.10 bits per heavy atom. The summed E-state index contributed by atoms with van der Waals surface area (Å²) in [5.74, 6) is 0.312. The Hall–Kier alpha value is -0.850. The normalized spacial score (nSPS) is 25.5. The summed E-state index contributed by atoms with van der Waals surface area (Å²) in [6, 6.07) is 2.08. The first-order valence-corrected chi connectivity index (χ1v) is 8.37. The van der Waals surface area contributed by atoms with Gasteiger partial charge in [-0.2, -0.15) is 0 Å². The number of furan rings is 1. The number of carboxylic acid groups (broad SMARTS) is 1. The van der Waals surface area contributed by atoms with Crippen LogP contribution in [0.2, 0.25) is 0 Å². The molecule has 1 aromatic heterocycles. The van der Waals surface area contributed by atoms with Gasteiger partial charge in [-0.05, 0) is 54.2 Å². The molecule has 5 nitrogen and oxygen atoms in total. The fourth-order valence-corrected chi connectivity index (χ4v) is 3.87. The monoisotopic (exact) mass is 356 g/mol. The maximum atomic E-state index is 11.3. The van der Waals surface area contributed by atoms with Crippen LogP contribution in [0.4, 0.5) is 0 Å². The minimum Gasteiger partial charge on any atom is -0.480 e. The summed E-state index contributed by atoms with van der Waals surface area (Å²) in [5, 5.41) is 9.30. The third-order valence-corrected chi connectivity index (χ3v) is 5.37. The van der Waals surface area contributed by atoms with Crippen LogP contribution in [0.5, 0.6) is 0 Å². The van der Waals surface area contributed by atoms with Gasteiger partial charge in [-0.1, -0.05) is 0 Å². The first-order valence-electron chi connectivity index (χ1n) is 7.58. The lowest BCUT2D eigenvalue weighted by molar-refractivity contribution is -0.143. The van der Waals surface area contributed by atoms with E-state index >= 15 is 0 Å². The molecule has 2 saturated heterocycles. The molecule has 21 heavy (non-hydrogen) atoms. The van der Waals surface area contributed by atoms with Gasteiger partial charge in [0, 0.05) is 19.1 Å². The number of piperidine rings is 1. The average molecular weight is 357 g/mol. The summed E-state index contributed by atoms with van der Waals surface area (Å²) in [6.07, 6.45) is 5.60. The van der Waals surface area contributed by atoms with Crippen molar-refractivity contribution >= 4 is 21.9 Å². The van der Waals surface area contributed by atoms with Crippen molar-refractivity contribution in [1.29, 1.82) is 0 Å². The zero-order chi connectivity index (χ0) is 14.8. The minimum absolute atomic E-state index is 0.263. The Morgan fingerprint density at radius 1 is 1.33 bits per heavy atom. The van der Waals surface area contributed by atoms with Gasteiger partial charge < -0.3 is 9.52 Å². The Bertz CT molecular complexity index is 497. The zero-order valence-electron chi connectivity index (χ0n) is 12.0. The molecule has 2 aliphatic rings.